The Morgan fingerprint density at radius 2 is 1.64 bits per heavy atom. The van der Waals surface area contributed by atoms with Crippen LogP contribution in [0.5, 0.6) is 17.2 Å². The van der Waals surface area contributed by atoms with Gasteiger partial charge in [-0.3, -0.25) is 4.79 Å². The van der Waals surface area contributed by atoms with Gasteiger partial charge in [-0.25, -0.2) is 4.79 Å². The highest BCUT2D eigenvalue weighted by molar-refractivity contribution is 5.98. The van der Waals surface area contributed by atoms with E-state index in [4.69, 9.17) is 14.2 Å². The maximum absolute atomic E-state index is 13.3. The molecule has 3 atom stereocenters. The van der Waals surface area contributed by atoms with Crippen LogP contribution in [0.1, 0.15) is 50.4 Å². The lowest BCUT2D eigenvalue weighted by atomic mass is 9.94. The van der Waals surface area contributed by atoms with E-state index in [0.29, 0.717) is 49.2 Å². The Morgan fingerprint density at radius 3 is 2.18 bits per heavy atom. The van der Waals surface area contributed by atoms with Gasteiger partial charge in [-0.2, -0.15) is 0 Å². The van der Waals surface area contributed by atoms with E-state index in [9.17, 15) is 14.7 Å². The van der Waals surface area contributed by atoms with Gasteiger partial charge in [-0.1, -0.05) is 6.42 Å². The zero-order valence-electron chi connectivity index (χ0n) is 16.8. The number of fused-ring (bicyclic) bond motifs is 1. The molecule has 0 radical (unpaired) electrons. The molecule has 0 bridgehead atoms. The van der Waals surface area contributed by atoms with Crippen LogP contribution in [-0.2, 0) is 4.79 Å². The van der Waals surface area contributed by atoms with Gasteiger partial charge in [-0.05, 0) is 57.6 Å². The molecule has 0 aromatic heterocycles. The Morgan fingerprint density at radius 1 is 1.04 bits per heavy atom. The largest absolute Gasteiger partial charge is 0.490 e. The number of hydrogen-bond donors (Lipinski definition) is 1. The number of amides is 1. The lowest BCUT2D eigenvalue weighted by molar-refractivity contribution is -0.142. The normalized spacial score (nSPS) is 23.4. The minimum absolute atomic E-state index is 0.0434. The number of carboxylic acids is 1. The molecular formula is C21H29NO6. The second-order valence-electron chi connectivity index (χ2n) is 7.20. The Hall–Kier alpha value is -2.44. The number of carboxylic acid groups (broad SMARTS) is 1. The van der Waals surface area contributed by atoms with E-state index >= 15 is 0 Å². The number of likely N-dealkylation sites (tertiary alicyclic amines) is 1. The number of ether oxygens (including phenoxy) is 3. The molecule has 7 nitrogen and oxygen atoms in total. The highest BCUT2D eigenvalue weighted by Crippen LogP contribution is 2.44. The van der Waals surface area contributed by atoms with Crippen molar-refractivity contribution in [3.63, 3.8) is 0 Å². The van der Waals surface area contributed by atoms with Crippen LogP contribution in [-0.4, -0.2) is 54.3 Å². The Labute approximate surface area is 165 Å². The molecule has 1 heterocycles. The highest BCUT2D eigenvalue weighted by Gasteiger charge is 2.49. The van der Waals surface area contributed by atoms with Crippen molar-refractivity contribution >= 4 is 11.9 Å². The number of rotatable bonds is 8. The van der Waals surface area contributed by atoms with E-state index < -0.39 is 12.0 Å². The third kappa shape index (κ3) is 3.75. The Balaban J connectivity index is 1.97. The maximum Gasteiger partial charge on any atom is 0.326 e. The summed E-state index contributed by atoms with van der Waals surface area (Å²) in [5.41, 5.74) is 0.363. The monoisotopic (exact) mass is 391 g/mol. The van der Waals surface area contributed by atoms with Crippen molar-refractivity contribution < 1.29 is 28.9 Å². The Bertz CT molecular complexity index is 707. The molecule has 2 aliphatic rings. The molecule has 1 aromatic carbocycles. The van der Waals surface area contributed by atoms with E-state index in [1.165, 1.54) is 4.90 Å². The van der Waals surface area contributed by atoms with E-state index in [1.807, 2.05) is 20.8 Å². The van der Waals surface area contributed by atoms with E-state index in [1.54, 1.807) is 12.1 Å². The summed E-state index contributed by atoms with van der Waals surface area (Å²) in [6, 6.07) is 2.50. The van der Waals surface area contributed by atoms with Crippen molar-refractivity contribution in [3.8, 4) is 17.2 Å². The number of hydrogen-bond acceptors (Lipinski definition) is 5. The molecule has 3 unspecified atom stereocenters. The molecule has 7 heteroatoms. The quantitative estimate of drug-likeness (QED) is 0.732. The molecule has 1 amide bonds. The predicted octanol–water partition coefficient (Wildman–Crippen LogP) is 3.21. The first kappa shape index (κ1) is 20.3. The van der Waals surface area contributed by atoms with Gasteiger partial charge in [0.25, 0.3) is 5.91 Å². The average molecular weight is 391 g/mol. The molecule has 2 fully saturated rings. The van der Waals surface area contributed by atoms with Crippen LogP contribution in [0.4, 0.5) is 0 Å². The molecule has 3 rings (SSSR count). The second-order valence-corrected chi connectivity index (χ2v) is 7.20. The van der Waals surface area contributed by atoms with Crippen molar-refractivity contribution in [3.05, 3.63) is 17.7 Å². The van der Waals surface area contributed by atoms with Gasteiger partial charge in [0.1, 0.15) is 6.04 Å². The summed E-state index contributed by atoms with van der Waals surface area (Å²) in [5, 5.41) is 9.75. The van der Waals surface area contributed by atoms with E-state index in [-0.39, 0.29) is 17.7 Å². The van der Waals surface area contributed by atoms with Crippen molar-refractivity contribution in [2.24, 2.45) is 11.8 Å². The van der Waals surface area contributed by atoms with Gasteiger partial charge >= 0.3 is 5.97 Å². The lowest BCUT2D eigenvalue weighted by Gasteiger charge is -2.25. The molecular weight excluding hydrogens is 362 g/mol. The summed E-state index contributed by atoms with van der Waals surface area (Å²) >= 11 is 0. The zero-order chi connectivity index (χ0) is 20.3. The molecule has 1 aromatic rings. The molecule has 1 aliphatic carbocycles. The molecule has 1 aliphatic heterocycles. The fourth-order valence-corrected chi connectivity index (χ4v) is 4.51. The highest BCUT2D eigenvalue weighted by atomic mass is 16.5. The first-order valence-corrected chi connectivity index (χ1v) is 10.1. The van der Waals surface area contributed by atoms with Gasteiger partial charge < -0.3 is 24.2 Å². The standard InChI is InChI=1S/C21H29NO6/c1-4-26-16-10-14(11-17(27-5-2)19(16)28-6-3)20(23)22-12-13-8-7-9-15(13)18(22)21(24)25/h10-11,13,15,18H,4-9,12H2,1-3H3,(H,24,25). The summed E-state index contributed by atoms with van der Waals surface area (Å²) < 4.78 is 17.1. The SMILES string of the molecule is CCOc1cc(C(=O)N2CC3CCCC3C2C(=O)O)cc(OCC)c1OCC. The maximum atomic E-state index is 13.3. The summed E-state index contributed by atoms with van der Waals surface area (Å²) in [6.45, 7) is 7.32. The van der Waals surface area contributed by atoms with Crippen molar-refractivity contribution in [1.29, 1.82) is 0 Å². The summed E-state index contributed by atoms with van der Waals surface area (Å²) in [7, 11) is 0. The van der Waals surface area contributed by atoms with Gasteiger partial charge in [-0.15, -0.1) is 0 Å². The fraction of sp³-hybridized carbons (Fsp3) is 0.619. The number of carbonyl (C=O) groups excluding carboxylic acids is 1. The van der Waals surface area contributed by atoms with Crippen molar-refractivity contribution in [1.82, 2.24) is 4.90 Å². The van der Waals surface area contributed by atoms with Crippen molar-refractivity contribution in [2.75, 3.05) is 26.4 Å². The molecule has 1 N–H and O–H groups in total. The summed E-state index contributed by atoms with van der Waals surface area (Å²) in [4.78, 5) is 26.7. The smallest absolute Gasteiger partial charge is 0.326 e. The third-order valence-corrected chi connectivity index (χ3v) is 5.56. The Kier molecular flexibility index (Phi) is 6.31. The van der Waals surface area contributed by atoms with Crippen LogP contribution in [0.3, 0.4) is 0 Å². The van der Waals surface area contributed by atoms with Gasteiger partial charge in [0.15, 0.2) is 11.5 Å². The number of nitrogens with zero attached hydrogens (tertiary/aromatic N) is 1. The van der Waals surface area contributed by atoms with Gasteiger partial charge in [0, 0.05) is 12.1 Å². The minimum atomic E-state index is -0.927. The van der Waals surface area contributed by atoms with E-state index in [2.05, 4.69) is 0 Å². The van der Waals surface area contributed by atoms with E-state index in [0.717, 1.165) is 19.3 Å². The van der Waals surface area contributed by atoms with Crippen LogP contribution in [0.2, 0.25) is 0 Å². The van der Waals surface area contributed by atoms with Crippen LogP contribution in [0.25, 0.3) is 0 Å². The van der Waals surface area contributed by atoms with Crippen LogP contribution in [0.15, 0.2) is 12.1 Å². The number of aliphatic carboxylic acids is 1. The molecule has 28 heavy (non-hydrogen) atoms. The first-order chi connectivity index (χ1) is 13.5. The molecule has 1 saturated heterocycles. The fourth-order valence-electron chi connectivity index (χ4n) is 4.51. The van der Waals surface area contributed by atoms with Crippen molar-refractivity contribution in [2.45, 2.75) is 46.1 Å². The summed E-state index contributed by atoms with van der Waals surface area (Å²) in [6.07, 6.45) is 2.88. The average Bonchev–Trinajstić information content (AvgIpc) is 3.24. The van der Waals surface area contributed by atoms with Crippen LogP contribution in [0, 0.1) is 11.8 Å². The molecule has 1 saturated carbocycles. The first-order valence-electron chi connectivity index (χ1n) is 10.1. The lowest BCUT2D eigenvalue weighted by Crippen LogP contribution is -2.43. The summed E-state index contributed by atoms with van der Waals surface area (Å²) in [5.74, 6) is 0.425. The molecule has 154 valence electrons. The van der Waals surface area contributed by atoms with Gasteiger partial charge in [0.2, 0.25) is 5.75 Å². The van der Waals surface area contributed by atoms with Gasteiger partial charge in [0.05, 0.1) is 19.8 Å². The number of benzene rings is 1. The second kappa shape index (κ2) is 8.71. The van der Waals surface area contributed by atoms with Crippen LogP contribution < -0.4 is 14.2 Å². The minimum Gasteiger partial charge on any atom is -0.490 e. The topological polar surface area (TPSA) is 85.3 Å². The third-order valence-electron chi connectivity index (χ3n) is 5.56. The predicted molar refractivity (Wildman–Crippen MR) is 103 cm³/mol. The van der Waals surface area contributed by atoms with Crippen LogP contribution >= 0.6 is 0 Å². The molecule has 0 spiro atoms. The number of carbonyl (C=O) groups is 2. The zero-order valence-corrected chi connectivity index (χ0v) is 16.8.